The molecule has 2 unspecified atom stereocenters. The number of nitrogens with one attached hydrogen (secondary N) is 2. The number of carbonyl (C=O) groups is 2. The topological polar surface area (TPSA) is 87.7 Å². The fourth-order valence-electron chi connectivity index (χ4n) is 2.09. The number of carbonyl (C=O) groups excluding carboxylic acids is 1. The van der Waals surface area contributed by atoms with Crippen molar-refractivity contribution in [2.75, 3.05) is 13.2 Å². The number of rotatable bonds is 6. The molecule has 0 spiro atoms. The Morgan fingerprint density at radius 1 is 1.37 bits per heavy atom. The van der Waals surface area contributed by atoms with Gasteiger partial charge in [-0.3, -0.25) is 0 Å². The molecule has 1 aliphatic rings. The fourth-order valence-corrected chi connectivity index (χ4v) is 2.09. The Labute approximate surface area is 113 Å². The van der Waals surface area contributed by atoms with Crippen LogP contribution in [0.2, 0.25) is 0 Å². The van der Waals surface area contributed by atoms with Crippen LogP contribution < -0.4 is 10.6 Å². The zero-order valence-corrected chi connectivity index (χ0v) is 11.6. The van der Waals surface area contributed by atoms with Gasteiger partial charge in [0, 0.05) is 13.2 Å². The summed E-state index contributed by atoms with van der Waals surface area (Å²) in [6.07, 6.45) is 4.30. The number of amides is 2. The first kappa shape index (κ1) is 15.8. The van der Waals surface area contributed by atoms with Crippen LogP contribution in [0.1, 0.15) is 39.5 Å². The van der Waals surface area contributed by atoms with Crippen LogP contribution in [0.4, 0.5) is 4.79 Å². The standard InChI is InChI=1S/C13H24N2O4/c1-9(2)11(12(16)17)15-13(18)14-7-6-10-5-3-4-8-19-10/h9-11H,3-8H2,1-2H3,(H,16,17)(H2,14,15,18). The Hall–Kier alpha value is -1.30. The number of carboxylic acids is 1. The van der Waals surface area contributed by atoms with Crippen LogP contribution in [0.15, 0.2) is 0 Å². The highest BCUT2D eigenvalue weighted by atomic mass is 16.5. The predicted octanol–water partition coefficient (Wildman–Crippen LogP) is 1.35. The van der Waals surface area contributed by atoms with Crippen LogP contribution in [-0.2, 0) is 9.53 Å². The first-order valence-corrected chi connectivity index (χ1v) is 6.89. The molecule has 0 aliphatic carbocycles. The molecule has 1 saturated heterocycles. The molecule has 1 aliphatic heterocycles. The highest BCUT2D eigenvalue weighted by Crippen LogP contribution is 2.14. The minimum atomic E-state index is -1.01. The third-order valence-corrected chi connectivity index (χ3v) is 3.25. The maximum atomic E-state index is 11.6. The second kappa shape index (κ2) is 7.99. The highest BCUT2D eigenvalue weighted by Gasteiger charge is 2.23. The third-order valence-electron chi connectivity index (χ3n) is 3.25. The zero-order valence-electron chi connectivity index (χ0n) is 11.6. The van der Waals surface area contributed by atoms with E-state index in [-0.39, 0.29) is 12.0 Å². The van der Waals surface area contributed by atoms with Crippen molar-refractivity contribution in [1.29, 1.82) is 0 Å². The predicted molar refractivity (Wildman–Crippen MR) is 71.0 cm³/mol. The largest absolute Gasteiger partial charge is 0.480 e. The smallest absolute Gasteiger partial charge is 0.326 e. The van der Waals surface area contributed by atoms with Gasteiger partial charge in [0.05, 0.1) is 6.10 Å². The van der Waals surface area contributed by atoms with Crippen LogP contribution in [0, 0.1) is 5.92 Å². The van der Waals surface area contributed by atoms with Crippen LogP contribution >= 0.6 is 0 Å². The molecule has 2 amide bonds. The first-order chi connectivity index (χ1) is 9.00. The molecule has 0 radical (unpaired) electrons. The molecular weight excluding hydrogens is 248 g/mol. The molecule has 0 saturated carbocycles. The average Bonchev–Trinajstić information content (AvgIpc) is 2.36. The van der Waals surface area contributed by atoms with E-state index in [4.69, 9.17) is 9.84 Å². The van der Waals surface area contributed by atoms with Crippen molar-refractivity contribution < 1.29 is 19.4 Å². The van der Waals surface area contributed by atoms with E-state index in [0.29, 0.717) is 6.54 Å². The summed E-state index contributed by atoms with van der Waals surface area (Å²) >= 11 is 0. The van der Waals surface area contributed by atoms with Gasteiger partial charge in [-0.1, -0.05) is 13.8 Å². The lowest BCUT2D eigenvalue weighted by molar-refractivity contribution is -0.140. The molecule has 0 aromatic carbocycles. The lowest BCUT2D eigenvalue weighted by Gasteiger charge is -2.23. The number of ether oxygens (including phenoxy) is 1. The van der Waals surface area contributed by atoms with Crippen LogP contribution in [0.5, 0.6) is 0 Å². The van der Waals surface area contributed by atoms with Gasteiger partial charge in [0.1, 0.15) is 6.04 Å². The Morgan fingerprint density at radius 2 is 2.11 bits per heavy atom. The van der Waals surface area contributed by atoms with Crippen LogP contribution in [0.3, 0.4) is 0 Å². The lowest BCUT2D eigenvalue weighted by atomic mass is 10.1. The number of carboxylic acid groups (broad SMARTS) is 1. The Bertz CT molecular complexity index is 301. The summed E-state index contributed by atoms with van der Waals surface area (Å²) in [7, 11) is 0. The number of aliphatic carboxylic acids is 1. The third kappa shape index (κ3) is 5.92. The van der Waals surface area contributed by atoms with Gasteiger partial charge in [0.25, 0.3) is 0 Å². The van der Waals surface area contributed by atoms with Gasteiger partial charge in [-0.2, -0.15) is 0 Å². The molecule has 3 N–H and O–H groups in total. The van der Waals surface area contributed by atoms with Crippen molar-refractivity contribution in [2.24, 2.45) is 5.92 Å². The Morgan fingerprint density at radius 3 is 2.63 bits per heavy atom. The van der Waals surface area contributed by atoms with Crippen molar-refractivity contribution in [3.8, 4) is 0 Å². The lowest BCUT2D eigenvalue weighted by Crippen LogP contribution is -2.49. The van der Waals surface area contributed by atoms with Gasteiger partial charge in [0.15, 0.2) is 0 Å². The molecule has 0 aromatic heterocycles. The summed E-state index contributed by atoms with van der Waals surface area (Å²) in [5, 5.41) is 14.1. The molecule has 1 rings (SSSR count). The van der Waals surface area contributed by atoms with E-state index in [9.17, 15) is 9.59 Å². The van der Waals surface area contributed by atoms with Gasteiger partial charge in [0.2, 0.25) is 0 Å². The quantitative estimate of drug-likeness (QED) is 0.681. The van der Waals surface area contributed by atoms with Gasteiger partial charge in [-0.25, -0.2) is 9.59 Å². The molecule has 1 heterocycles. The summed E-state index contributed by atoms with van der Waals surface area (Å²) in [4.78, 5) is 22.5. The van der Waals surface area contributed by atoms with E-state index in [2.05, 4.69) is 10.6 Å². The van der Waals surface area contributed by atoms with E-state index in [0.717, 1.165) is 25.9 Å². The maximum absolute atomic E-state index is 11.6. The van der Waals surface area contributed by atoms with Gasteiger partial charge < -0.3 is 20.5 Å². The molecule has 0 aromatic rings. The Kier molecular flexibility index (Phi) is 6.62. The van der Waals surface area contributed by atoms with Gasteiger partial charge >= 0.3 is 12.0 Å². The SMILES string of the molecule is CC(C)C(NC(=O)NCCC1CCCCO1)C(=O)O. The molecule has 0 bridgehead atoms. The van der Waals surface area contributed by atoms with Gasteiger partial charge in [-0.15, -0.1) is 0 Å². The van der Waals surface area contributed by atoms with Crippen molar-refractivity contribution in [1.82, 2.24) is 10.6 Å². The Balaban J connectivity index is 2.21. The van der Waals surface area contributed by atoms with Crippen molar-refractivity contribution in [3.63, 3.8) is 0 Å². The van der Waals surface area contributed by atoms with E-state index >= 15 is 0 Å². The van der Waals surface area contributed by atoms with Crippen LogP contribution in [-0.4, -0.2) is 42.4 Å². The molecule has 2 atom stereocenters. The van der Waals surface area contributed by atoms with Crippen molar-refractivity contribution in [3.05, 3.63) is 0 Å². The fraction of sp³-hybridized carbons (Fsp3) is 0.846. The number of urea groups is 1. The normalized spacial score (nSPS) is 20.9. The minimum Gasteiger partial charge on any atom is -0.480 e. The molecule has 1 fully saturated rings. The van der Waals surface area contributed by atoms with E-state index < -0.39 is 18.0 Å². The summed E-state index contributed by atoms with van der Waals surface area (Å²) in [5.41, 5.74) is 0. The molecular formula is C13H24N2O4. The molecule has 6 nitrogen and oxygen atoms in total. The summed E-state index contributed by atoms with van der Waals surface area (Å²) in [6.45, 7) is 4.82. The van der Waals surface area contributed by atoms with Crippen molar-refractivity contribution in [2.45, 2.75) is 51.7 Å². The highest BCUT2D eigenvalue weighted by molar-refractivity contribution is 5.82. The second-order valence-corrected chi connectivity index (χ2v) is 5.24. The summed E-state index contributed by atoms with van der Waals surface area (Å²) in [6, 6.07) is -1.29. The minimum absolute atomic E-state index is 0.148. The monoisotopic (exact) mass is 272 g/mol. The molecule has 19 heavy (non-hydrogen) atoms. The van der Waals surface area contributed by atoms with Gasteiger partial charge in [-0.05, 0) is 31.6 Å². The number of hydrogen-bond acceptors (Lipinski definition) is 3. The maximum Gasteiger partial charge on any atom is 0.326 e. The van der Waals surface area contributed by atoms with Crippen LogP contribution in [0.25, 0.3) is 0 Å². The number of hydrogen-bond donors (Lipinski definition) is 3. The first-order valence-electron chi connectivity index (χ1n) is 6.89. The van der Waals surface area contributed by atoms with E-state index in [1.807, 2.05) is 0 Å². The average molecular weight is 272 g/mol. The molecule has 110 valence electrons. The van der Waals surface area contributed by atoms with E-state index in [1.54, 1.807) is 13.8 Å². The zero-order chi connectivity index (χ0) is 14.3. The molecule has 6 heteroatoms. The summed E-state index contributed by atoms with van der Waals surface area (Å²) in [5.74, 6) is -1.16. The van der Waals surface area contributed by atoms with E-state index in [1.165, 1.54) is 6.42 Å². The second-order valence-electron chi connectivity index (χ2n) is 5.24. The summed E-state index contributed by atoms with van der Waals surface area (Å²) < 4.78 is 5.55. The van der Waals surface area contributed by atoms with Crippen molar-refractivity contribution >= 4 is 12.0 Å².